The minimum atomic E-state index is -4.21. The van der Waals surface area contributed by atoms with Crippen LogP contribution >= 0.6 is 11.8 Å². The molecule has 182 valence electrons. The van der Waals surface area contributed by atoms with Crippen LogP contribution in [0, 0.1) is 24.4 Å². The lowest BCUT2D eigenvalue weighted by Gasteiger charge is -2.12. The molecule has 1 heterocycles. The van der Waals surface area contributed by atoms with Gasteiger partial charge in [-0.05, 0) is 54.4 Å². The maximum atomic E-state index is 14.0. The van der Waals surface area contributed by atoms with Crippen molar-refractivity contribution in [1.29, 1.82) is 0 Å². The molecule has 11 heteroatoms. The summed E-state index contributed by atoms with van der Waals surface area (Å²) in [6.07, 6.45) is 0.122. The summed E-state index contributed by atoms with van der Waals surface area (Å²) in [5.74, 6) is -1.38. The monoisotopic (exact) mass is 518 g/mol. The van der Waals surface area contributed by atoms with Crippen LogP contribution in [0.4, 0.5) is 13.2 Å². The Morgan fingerprint density at radius 1 is 0.943 bits per heavy atom. The third kappa shape index (κ3) is 5.92. The van der Waals surface area contributed by atoms with Crippen LogP contribution in [0.1, 0.15) is 17.0 Å². The second-order valence-electron chi connectivity index (χ2n) is 7.65. The quantitative estimate of drug-likeness (QED) is 0.322. The molecular formula is C24H21F3N4O2S2. The zero-order valence-corrected chi connectivity index (χ0v) is 20.2. The van der Waals surface area contributed by atoms with Gasteiger partial charge in [0.25, 0.3) is 0 Å². The van der Waals surface area contributed by atoms with E-state index >= 15 is 0 Å². The minimum absolute atomic E-state index is 0.110. The number of halogens is 3. The van der Waals surface area contributed by atoms with Crippen LogP contribution in [-0.2, 0) is 22.2 Å². The Bertz CT molecular complexity index is 1440. The summed E-state index contributed by atoms with van der Waals surface area (Å²) in [5, 5.41) is 9.03. The number of nitrogens with one attached hydrogen (secondary N) is 1. The SMILES string of the molecule is Cc1ccccc1CSc1nnc(CCNS(=O)(=O)c2ccc(F)cc2F)n1-c1ccc(F)cc1. The molecule has 0 spiro atoms. The molecule has 3 aromatic carbocycles. The fourth-order valence-electron chi connectivity index (χ4n) is 3.39. The molecule has 0 saturated heterocycles. The summed E-state index contributed by atoms with van der Waals surface area (Å²) in [5.41, 5.74) is 2.88. The van der Waals surface area contributed by atoms with Crippen LogP contribution in [0.2, 0.25) is 0 Å². The van der Waals surface area contributed by atoms with E-state index in [4.69, 9.17) is 0 Å². The molecule has 0 unspecified atom stereocenters. The van der Waals surface area contributed by atoms with E-state index in [9.17, 15) is 21.6 Å². The van der Waals surface area contributed by atoms with Crippen molar-refractivity contribution in [3.63, 3.8) is 0 Å². The van der Waals surface area contributed by atoms with Crippen molar-refractivity contribution in [2.75, 3.05) is 6.54 Å². The molecule has 0 fully saturated rings. The smallest absolute Gasteiger partial charge is 0.243 e. The van der Waals surface area contributed by atoms with Gasteiger partial charge < -0.3 is 0 Å². The zero-order chi connectivity index (χ0) is 25.0. The maximum Gasteiger partial charge on any atom is 0.243 e. The highest BCUT2D eigenvalue weighted by Crippen LogP contribution is 2.27. The topological polar surface area (TPSA) is 76.9 Å². The molecule has 0 amide bonds. The van der Waals surface area contributed by atoms with Crippen LogP contribution in [0.3, 0.4) is 0 Å². The summed E-state index contributed by atoms with van der Waals surface area (Å²) in [6.45, 7) is 1.91. The Morgan fingerprint density at radius 2 is 1.66 bits per heavy atom. The number of rotatable bonds is 9. The van der Waals surface area contributed by atoms with Gasteiger partial charge in [0.15, 0.2) is 5.16 Å². The minimum Gasteiger partial charge on any atom is -0.274 e. The first-order valence-electron chi connectivity index (χ1n) is 10.6. The van der Waals surface area contributed by atoms with Gasteiger partial charge in [-0.25, -0.2) is 26.3 Å². The Kier molecular flexibility index (Phi) is 7.58. The maximum absolute atomic E-state index is 14.0. The molecule has 4 rings (SSSR count). The number of benzene rings is 3. The van der Waals surface area contributed by atoms with Crippen molar-refractivity contribution in [2.45, 2.75) is 29.1 Å². The van der Waals surface area contributed by atoms with Crippen molar-refractivity contribution in [3.05, 3.63) is 101 Å². The van der Waals surface area contributed by atoms with Gasteiger partial charge in [0.1, 0.15) is 28.2 Å². The van der Waals surface area contributed by atoms with Crippen LogP contribution < -0.4 is 4.72 Å². The molecule has 0 bridgehead atoms. The Morgan fingerprint density at radius 3 is 2.37 bits per heavy atom. The lowest BCUT2D eigenvalue weighted by atomic mass is 10.1. The Hall–Kier alpha value is -3.15. The summed E-state index contributed by atoms with van der Waals surface area (Å²) in [4.78, 5) is -0.645. The third-order valence-electron chi connectivity index (χ3n) is 5.23. The molecule has 4 aromatic rings. The van der Waals surface area contributed by atoms with Crippen molar-refractivity contribution in [2.24, 2.45) is 0 Å². The standard InChI is InChI=1S/C24H21F3N4O2S2/c1-16-4-2-3-5-17(16)15-34-24-30-29-23(31(24)20-9-6-18(25)7-10-20)12-13-28-35(32,33)22-11-8-19(26)14-21(22)27/h2-11,14,28H,12-13,15H2,1H3. The van der Waals surface area contributed by atoms with E-state index in [1.165, 1.54) is 23.9 Å². The summed E-state index contributed by atoms with van der Waals surface area (Å²) < 4.78 is 69.6. The fourth-order valence-corrected chi connectivity index (χ4v) is 5.52. The lowest BCUT2D eigenvalue weighted by Crippen LogP contribution is -2.27. The second kappa shape index (κ2) is 10.6. The van der Waals surface area contributed by atoms with E-state index in [1.807, 2.05) is 31.2 Å². The molecule has 35 heavy (non-hydrogen) atoms. The molecule has 0 aliphatic heterocycles. The van der Waals surface area contributed by atoms with Gasteiger partial charge in [-0.2, -0.15) is 0 Å². The van der Waals surface area contributed by atoms with Gasteiger partial charge in [-0.3, -0.25) is 4.57 Å². The Balaban J connectivity index is 1.55. The van der Waals surface area contributed by atoms with Gasteiger partial charge in [0.2, 0.25) is 10.0 Å². The molecule has 0 saturated carbocycles. The zero-order valence-electron chi connectivity index (χ0n) is 18.6. The predicted octanol–water partition coefficient (Wildman–Crippen LogP) is 4.81. The van der Waals surface area contributed by atoms with E-state index < -0.39 is 32.4 Å². The van der Waals surface area contributed by atoms with Gasteiger partial charge in [-0.15, -0.1) is 10.2 Å². The van der Waals surface area contributed by atoms with Crippen LogP contribution in [-0.4, -0.2) is 29.7 Å². The fraction of sp³-hybridized carbons (Fsp3) is 0.167. The Labute approximate surface area is 205 Å². The molecule has 0 radical (unpaired) electrons. The summed E-state index contributed by atoms with van der Waals surface area (Å²) in [7, 11) is -4.21. The summed E-state index contributed by atoms with van der Waals surface area (Å²) in [6, 6.07) is 16.0. The molecule has 0 atom stereocenters. The van der Waals surface area contributed by atoms with Crippen molar-refractivity contribution in [1.82, 2.24) is 19.5 Å². The largest absolute Gasteiger partial charge is 0.274 e. The van der Waals surface area contributed by atoms with Gasteiger partial charge >= 0.3 is 0 Å². The van der Waals surface area contributed by atoms with Crippen LogP contribution in [0.15, 0.2) is 76.8 Å². The van der Waals surface area contributed by atoms with Gasteiger partial charge in [-0.1, -0.05) is 36.0 Å². The first-order chi connectivity index (χ1) is 16.7. The first-order valence-corrected chi connectivity index (χ1v) is 13.0. The molecular weight excluding hydrogens is 497 g/mol. The second-order valence-corrected chi connectivity index (χ2v) is 10.3. The highest BCUT2D eigenvalue weighted by molar-refractivity contribution is 7.98. The average molecular weight is 519 g/mol. The number of aromatic nitrogens is 3. The van der Waals surface area contributed by atoms with Crippen LogP contribution in [0.5, 0.6) is 0 Å². The average Bonchev–Trinajstić information content (AvgIpc) is 3.21. The van der Waals surface area contributed by atoms with E-state index in [2.05, 4.69) is 14.9 Å². The number of thioether (sulfide) groups is 1. The lowest BCUT2D eigenvalue weighted by molar-refractivity contribution is 0.543. The highest BCUT2D eigenvalue weighted by Gasteiger charge is 2.21. The predicted molar refractivity (Wildman–Crippen MR) is 127 cm³/mol. The van der Waals surface area contributed by atoms with Crippen molar-refractivity contribution < 1.29 is 21.6 Å². The van der Waals surface area contributed by atoms with Crippen molar-refractivity contribution >= 4 is 21.8 Å². The first kappa shape index (κ1) is 25.0. The molecule has 0 aliphatic rings. The number of sulfonamides is 1. The third-order valence-corrected chi connectivity index (χ3v) is 7.70. The molecule has 1 N–H and O–H groups in total. The molecule has 1 aromatic heterocycles. The normalized spacial score (nSPS) is 11.7. The van der Waals surface area contributed by atoms with E-state index in [0.29, 0.717) is 28.5 Å². The molecule has 0 aliphatic carbocycles. The van der Waals surface area contributed by atoms with Crippen LogP contribution in [0.25, 0.3) is 5.69 Å². The van der Waals surface area contributed by atoms with Gasteiger partial charge in [0, 0.05) is 30.5 Å². The number of hydrogen-bond donors (Lipinski definition) is 1. The van der Waals surface area contributed by atoms with Crippen molar-refractivity contribution in [3.8, 4) is 5.69 Å². The number of hydrogen-bond acceptors (Lipinski definition) is 5. The van der Waals surface area contributed by atoms with Gasteiger partial charge in [0.05, 0.1) is 0 Å². The number of nitrogens with zero attached hydrogens (tertiary/aromatic N) is 3. The highest BCUT2D eigenvalue weighted by atomic mass is 32.2. The van der Waals surface area contributed by atoms with E-state index in [-0.39, 0.29) is 13.0 Å². The number of aryl methyl sites for hydroxylation is 1. The van der Waals surface area contributed by atoms with E-state index in [1.54, 1.807) is 16.7 Å². The summed E-state index contributed by atoms with van der Waals surface area (Å²) >= 11 is 1.45. The molecule has 6 nitrogen and oxygen atoms in total. The van der Waals surface area contributed by atoms with E-state index in [0.717, 1.165) is 23.3 Å².